The highest BCUT2D eigenvalue weighted by atomic mass is 32.1. The van der Waals surface area contributed by atoms with E-state index in [2.05, 4.69) is 17.0 Å². The summed E-state index contributed by atoms with van der Waals surface area (Å²) < 4.78 is 40.2. The molecule has 8 heteroatoms. The van der Waals surface area contributed by atoms with Gasteiger partial charge < -0.3 is 10.3 Å². The molecule has 0 radical (unpaired) electrons. The fraction of sp³-hybridized carbons (Fsp3) is 0.400. The van der Waals surface area contributed by atoms with Crippen molar-refractivity contribution in [2.75, 3.05) is 6.61 Å². The van der Waals surface area contributed by atoms with Gasteiger partial charge in [0.15, 0.2) is 0 Å². The zero-order chi connectivity index (χ0) is 13.9. The van der Waals surface area contributed by atoms with E-state index in [0.717, 1.165) is 4.57 Å². The Morgan fingerprint density at radius 2 is 2.11 bits per heavy atom. The smallest absolute Gasteiger partial charge is 0.389 e. The summed E-state index contributed by atoms with van der Waals surface area (Å²) in [6.07, 6.45) is -4.71. The van der Waals surface area contributed by atoms with Crippen LogP contribution >= 0.6 is 12.2 Å². The molecule has 0 fully saturated rings. The average Bonchev–Trinajstić information content (AvgIpc) is 2.20. The summed E-state index contributed by atoms with van der Waals surface area (Å²) >= 11 is 4.68. The van der Waals surface area contributed by atoms with Gasteiger partial charge in [-0.3, -0.25) is 9.53 Å². The summed E-state index contributed by atoms with van der Waals surface area (Å²) in [6.45, 7) is 0.726. The summed E-state index contributed by atoms with van der Waals surface area (Å²) in [5.41, 5.74) is 5.42. The molecule has 0 bridgehead atoms. The molecule has 1 heterocycles. The fourth-order valence-corrected chi connectivity index (χ4v) is 1.54. The summed E-state index contributed by atoms with van der Waals surface area (Å²) in [5.74, 6) is 0. The van der Waals surface area contributed by atoms with Crippen LogP contribution in [-0.4, -0.2) is 22.5 Å². The summed E-state index contributed by atoms with van der Waals surface area (Å²) in [6, 6.07) is 3.00. The minimum atomic E-state index is -4.71. The minimum absolute atomic E-state index is 0.0921. The molecule has 0 atom stereocenters. The molecule has 0 saturated heterocycles. The van der Waals surface area contributed by atoms with Crippen molar-refractivity contribution in [1.82, 2.24) is 4.57 Å². The van der Waals surface area contributed by atoms with Gasteiger partial charge in [-0.05, 0) is 19.1 Å². The first kappa shape index (κ1) is 14.7. The summed E-state index contributed by atoms with van der Waals surface area (Å²) in [4.78, 5) is 11.8. The highest BCUT2D eigenvalue weighted by Crippen LogP contribution is 2.15. The molecule has 0 saturated carbocycles. The van der Waals surface area contributed by atoms with Crippen molar-refractivity contribution in [1.29, 1.82) is 0 Å². The average molecular weight is 280 g/mol. The standard InChI is InChI=1S/C10H11F3N2O2S/c1-6-2-3-7(8(14)18)9(16)15(6)4-5-17-10(11,12)13/h2-3H,4-5H2,1H3,(H2,14,18). The Morgan fingerprint density at radius 1 is 1.50 bits per heavy atom. The SMILES string of the molecule is Cc1ccc(C(N)=S)c(=O)n1CCOC(F)(F)F. The zero-order valence-corrected chi connectivity index (χ0v) is 10.3. The molecule has 0 unspecified atom stereocenters. The van der Waals surface area contributed by atoms with Gasteiger partial charge in [0.2, 0.25) is 0 Å². The molecule has 0 aromatic carbocycles. The van der Waals surface area contributed by atoms with Crippen molar-refractivity contribution in [2.45, 2.75) is 19.8 Å². The monoisotopic (exact) mass is 280 g/mol. The van der Waals surface area contributed by atoms with Gasteiger partial charge in [0.25, 0.3) is 5.56 Å². The number of hydrogen-bond donors (Lipinski definition) is 1. The number of rotatable bonds is 4. The van der Waals surface area contributed by atoms with Crippen LogP contribution in [0.25, 0.3) is 0 Å². The highest BCUT2D eigenvalue weighted by Gasteiger charge is 2.28. The van der Waals surface area contributed by atoms with E-state index >= 15 is 0 Å². The van der Waals surface area contributed by atoms with Gasteiger partial charge in [0.1, 0.15) is 4.99 Å². The van der Waals surface area contributed by atoms with Crippen LogP contribution in [0.1, 0.15) is 11.3 Å². The number of pyridine rings is 1. The Morgan fingerprint density at radius 3 is 2.61 bits per heavy atom. The number of halogens is 3. The summed E-state index contributed by atoms with van der Waals surface area (Å²) in [5, 5.41) is 0. The number of alkyl halides is 3. The van der Waals surface area contributed by atoms with Crippen LogP contribution in [0, 0.1) is 6.92 Å². The molecular formula is C10H11F3N2O2S. The van der Waals surface area contributed by atoms with Gasteiger partial charge in [0, 0.05) is 12.2 Å². The molecule has 0 aliphatic rings. The van der Waals surface area contributed by atoms with E-state index < -0.39 is 18.5 Å². The van der Waals surface area contributed by atoms with Crippen LogP contribution in [0.15, 0.2) is 16.9 Å². The van der Waals surface area contributed by atoms with Crippen LogP contribution < -0.4 is 11.3 Å². The van der Waals surface area contributed by atoms with Crippen LogP contribution in [-0.2, 0) is 11.3 Å². The van der Waals surface area contributed by atoms with Crippen LogP contribution in [0.4, 0.5) is 13.2 Å². The lowest BCUT2D eigenvalue weighted by atomic mass is 10.2. The molecule has 1 rings (SSSR count). The lowest BCUT2D eigenvalue weighted by Crippen LogP contribution is -2.32. The van der Waals surface area contributed by atoms with Crippen molar-refractivity contribution in [3.8, 4) is 0 Å². The van der Waals surface area contributed by atoms with Crippen LogP contribution in [0.2, 0.25) is 0 Å². The van der Waals surface area contributed by atoms with E-state index in [-0.39, 0.29) is 17.1 Å². The number of ether oxygens (including phenoxy) is 1. The van der Waals surface area contributed by atoms with E-state index in [1.165, 1.54) is 6.07 Å². The Labute approximate surface area is 106 Å². The third-order valence-corrected chi connectivity index (χ3v) is 2.46. The third kappa shape index (κ3) is 3.81. The first-order chi connectivity index (χ1) is 8.22. The quantitative estimate of drug-likeness (QED) is 0.845. The Bertz CT molecular complexity index is 511. The lowest BCUT2D eigenvalue weighted by molar-refractivity contribution is -0.325. The normalized spacial score (nSPS) is 11.6. The van der Waals surface area contributed by atoms with Gasteiger partial charge in [-0.15, -0.1) is 13.2 Å². The molecule has 4 nitrogen and oxygen atoms in total. The molecule has 1 aromatic rings. The van der Waals surface area contributed by atoms with E-state index in [0.29, 0.717) is 5.69 Å². The van der Waals surface area contributed by atoms with Crippen molar-refractivity contribution in [2.24, 2.45) is 5.73 Å². The minimum Gasteiger partial charge on any atom is -0.389 e. The van der Waals surface area contributed by atoms with Crippen molar-refractivity contribution >= 4 is 17.2 Å². The maximum atomic E-state index is 11.8. The second-order valence-corrected chi connectivity index (χ2v) is 3.94. The topological polar surface area (TPSA) is 57.2 Å². The molecule has 0 amide bonds. The molecule has 2 N–H and O–H groups in total. The summed E-state index contributed by atoms with van der Waals surface area (Å²) in [7, 11) is 0. The first-order valence-electron chi connectivity index (χ1n) is 4.93. The maximum Gasteiger partial charge on any atom is 0.522 e. The number of nitrogens with two attached hydrogens (primary N) is 1. The lowest BCUT2D eigenvalue weighted by Gasteiger charge is -2.12. The van der Waals surface area contributed by atoms with E-state index in [1.54, 1.807) is 13.0 Å². The Kier molecular flexibility index (Phi) is 4.47. The fourth-order valence-electron chi connectivity index (χ4n) is 1.39. The molecule has 18 heavy (non-hydrogen) atoms. The number of nitrogens with zero attached hydrogens (tertiary/aromatic N) is 1. The van der Waals surface area contributed by atoms with Gasteiger partial charge in [0.05, 0.1) is 12.2 Å². The zero-order valence-electron chi connectivity index (χ0n) is 9.45. The predicted molar refractivity (Wildman–Crippen MR) is 63.3 cm³/mol. The van der Waals surface area contributed by atoms with E-state index in [4.69, 9.17) is 5.73 Å². The van der Waals surface area contributed by atoms with Crippen molar-refractivity contribution in [3.63, 3.8) is 0 Å². The van der Waals surface area contributed by atoms with Gasteiger partial charge in [-0.1, -0.05) is 12.2 Å². The molecule has 1 aromatic heterocycles. The number of aromatic nitrogens is 1. The molecule has 0 spiro atoms. The van der Waals surface area contributed by atoms with Gasteiger partial charge in [-0.25, -0.2) is 0 Å². The predicted octanol–water partition coefficient (Wildman–Crippen LogP) is 1.33. The number of hydrogen-bond acceptors (Lipinski definition) is 3. The second-order valence-electron chi connectivity index (χ2n) is 3.50. The van der Waals surface area contributed by atoms with Gasteiger partial charge in [-0.2, -0.15) is 0 Å². The molecule has 0 aliphatic heterocycles. The first-order valence-corrected chi connectivity index (χ1v) is 5.34. The van der Waals surface area contributed by atoms with Crippen molar-refractivity contribution in [3.05, 3.63) is 33.7 Å². The second kappa shape index (κ2) is 5.49. The van der Waals surface area contributed by atoms with E-state index in [9.17, 15) is 18.0 Å². The Hall–Kier alpha value is -1.41. The number of thiocarbonyl (C=S) groups is 1. The molecule has 0 aliphatic carbocycles. The third-order valence-electron chi connectivity index (χ3n) is 2.24. The maximum absolute atomic E-state index is 11.8. The van der Waals surface area contributed by atoms with Crippen molar-refractivity contribution < 1.29 is 17.9 Å². The van der Waals surface area contributed by atoms with Gasteiger partial charge >= 0.3 is 6.36 Å². The van der Waals surface area contributed by atoms with Crippen LogP contribution in [0.3, 0.4) is 0 Å². The highest BCUT2D eigenvalue weighted by molar-refractivity contribution is 7.80. The number of aryl methyl sites for hydroxylation is 1. The van der Waals surface area contributed by atoms with Crippen LogP contribution in [0.5, 0.6) is 0 Å². The Balaban J connectivity index is 2.92. The largest absolute Gasteiger partial charge is 0.522 e. The molecular weight excluding hydrogens is 269 g/mol. The van der Waals surface area contributed by atoms with E-state index in [1.807, 2.05) is 0 Å². The molecule has 100 valence electrons.